The Morgan fingerprint density at radius 3 is 2.47 bits per heavy atom. The Kier molecular flexibility index (Phi) is 6.52. The van der Waals surface area contributed by atoms with Gasteiger partial charge in [0.25, 0.3) is 0 Å². The normalized spacial score (nSPS) is 20.8. The maximum atomic E-state index is 12.6. The van der Waals surface area contributed by atoms with Gasteiger partial charge < -0.3 is 19.8 Å². The molecule has 0 unspecified atom stereocenters. The molecule has 1 aromatic heterocycles. The number of hydrogen-bond donors (Lipinski definition) is 0. The summed E-state index contributed by atoms with van der Waals surface area (Å²) in [5.41, 5.74) is -0.445. The van der Waals surface area contributed by atoms with E-state index in [1.807, 2.05) is 11.8 Å². The second-order valence-corrected chi connectivity index (χ2v) is 9.02. The minimum atomic E-state index is -4.35. The van der Waals surface area contributed by atoms with Crippen LogP contribution in [0, 0.1) is 10.1 Å². The maximum Gasteiger partial charge on any atom is 0.416 e. The first kappa shape index (κ1) is 24.0. The Balaban J connectivity index is 1.18. The molecule has 0 spiro atoms. The summed E-state index contributed by atoms with van der Waals surface area (Å²) >= 11 is 0. The van der Waals surface area contributed by atoms with E-state index in [0.29, 0.717) is 58.5 Å². The molecular formula is C22H26F3N5O4. The van der Waals surface area contributed by atoms with E-state index in [1.54, 1.807) is 4.57 Å². The average Bonchev–Trinajstić information content (AvgIpc) is 3.29. The van der Waals surface area contributed by atoms with E-state index in [9.17, 15) is 28.1 Å². The Morgan fingerprint density at radius 1 is 1.21 bits per heavy atom. The van der Waals surface area contributed by atoms with Crippen LogP contribution in [0.25, 0.3) is 0 Å². The number of ether oxygens (including phenoxy) is 1. The van der Waals surface area contributed by atoms with Crippen LogP contribution in [0.5, 0.6) is 6.01 Å². The quantitative estimate of drug-likeness (QED) is 0.446. The number of aromatic nitrogens is 2. The molecule has 1 fully saturated rings. The van der Waals surface area contributed by atoms with Gasteiger partial charge in [-0.2, -0.15) is 13.2 Å². The zero-order chi connectivity index (χ0) is 24.5. The first-order chi connectivity index (χ1) is 16.0. The van der Waals surface area contributed by atoms with Crippen molar-refractivity contribution in [2.24, 2.45) is 0 Å². The third-order valence-electron chi connectivity index (χ3n) is 6.18. The predicted octanol–water partition coefficient (Wildman–Crippen LogP) is 3.13. The lowest BCUT2D eigenvalue weighted by Crippen LogP contribution is -2.53. The van der Waals surface area contributed by atoms with Gasteiger partial charge >= 0.3 is 18.0 Å². The number of nitro groups is 1. The molecule has 0 bridgehead atoms. The SMILES string of the molecule is C[C@]1(CN2CCN(C(=O)CCCc3ccc(C(F)(F)F)cc3)CC2)Cn2cc([N+](=O)[O-])nc2O1. The van der Waals surface area contributed by atoms with Crippen LogP contribution in [0.4, 0.5) is 19.0 Å². The van der Waals surface area contributed by atoms with Crippen LogP contribution in [0.15, 0.2) is 30.5 Å². The van der Waals surface area contributed by atoms with Crippen LogP contribution in [-0.4, -0.2) is 68.5 Å². The Morgan fingerprint density at radius 2 is 1.88 bits per heavy atom. The lowest BCUT2D eigenvalue weighted by molar-refractivity contribution is -0.389. The number of hydrogen-bond acceptors (Lipinski definition) is 6. The summed E-state index contributed by atoms with van der Waals surface area (Å²) in [6.45, 7) is 5.56. The summed E-state index contributed by atoms with van der Waals surface area (Å²) < 4.78 is 45.5. The highest BCUT2D eigenvalue weighted by molar-refractivity contribution is 5.76. The van der Waals surface area contributed by atoms with Gasteiger partial charge in [0.2, 0.25) is 5.91 Å². The summed E-state index contributed by atoms with van der Waals surface area (Å²) in [5.74, 6) is -0.190. The number of piperazine rings is 1. The van der Waals surface area contributed by atoms with Crippen LogP contribution < -0.4 is 4.74 Å². The first-order valence-corrected chi connectivity index (χ1v) is 11.1. The van der Waals surface area contributed by atoms with Crippen molar-refractivity contribution in [2.75, 3.05) is 32.7 Å². The molecular weight excluding hydrogens is 455 g/mol. The highest BCUT2D eigenvalue weighted by Crippen LogP contribution is 2.32. The van der Waals surface area contributed by atoms with Crippen LogP contribution in [0.2, 0.25) is 0 Å². The van der Waals surface area contributed by atoms with Gasteiger partial charge in [-0.25, -0.2) is 0 Å². The summed E-state index contributed by atoms with van der Waals surface area (Å²) in [6, 6.07) is 5.30. The number of fused-ring (bicyclic) bond motifs is 1. The van der Waals surface area contributed by atoms with Gasteiger partial charge in [0.1, 0.15) is 11.8 Å². The number of imidazole rings is 1. The number of halogens is 3. The topological polar surface area (TPSA) is 93.7 Å². The molecule has 4 rings (SSSR count). The minimum Gasteiger partial charge on any atom is -0.436 e. The number of carbonyl (C=O) groups is 1. The molecule has 1 aromatic carbocycles. The second kappa shape index (κ2) is 9.24. The van der Waals surface area contributed by atoms with E-state index in [0.717, 1.165) is 17.7 Å². The lowest BCUT2D eigenvalue weighted by Gasteiger charge is -2.38. The van der Waals surface area contributed by atoms with E-state index in [1.165, 1.54) is 18.3 Å². The van der Waals surface area contributed by atoms with Crippen molar-refractivity contribution in [3.8, 4) is 6.01 Å². The van der Waals surface area contributed by atoms with Crippen molar-refractivity contribution in [1.82, 2.24) is 19.4 Å². The zero-order valence-electron chi connectivity index (χ0n) is 18.8. The van der Waals surface area contributed by atoms with Crippen molar-refractivity contribution in [3.63, 3.8) is 0 Å². The third kappa shape index (κ3) is 5.49. The van der Waals surface area contributed by atoms with Gasteiger partial charge in [-0.1, -0.05) is 12.1 Å². The Bertz CT molecular complexity index is 1020. The smallest absolute Gasteiger partial charge is 0.416 e. The number of aryl methyl sites for hydroxylation is 1. The molecule has 34 heavy (non-hydrogen) atoms. The molecule has 12 heteroatoms. The standard InChI is InChI=1S/C22H26F3N5O4/c1-21(15-29-13-18(30(32)33)26-20(29)34-21)14-27-9-11-28(12-10-27)19(31)4-2-3-16-5-7-17(8-6-16)22(23,24)25/h5-8,13H,2-4,9-12,14-15H2,1H3/t21-/m0/s1. The number of nitrogens with zero attached hydrogens (tertiary/aromatic N) is 5. The number of amides is 1. The summed E-state index contributed by atoms with van der Waals surface area (Å²) in [7, 11) is 0. The summed E-state index contributed by atoms with van der Waals surface area (Å²) in [4.78, 5) is 30.8. The monoisotopic (exact) mass is 481 g/mol. The number of rotatable bonds is 7. The largest absolute Gasteiger partial charge is 0.436 e. The van der Waals surface area contributed by atoms with Crippen molar-refractivity contribution in [1.29, 1.82) is 0 Å². The molecule has 0 radical (unpaired) electrons. The van der Waals surface area contributed by atoms with Crippen molar-refractivity contribution >= 4 is 11.7 Å². The number of carbonyl (C=O) groups excluding carboxylic acids is 1. The average molecular weight is 481 g/mol. The molecule has 2 aliphatic rings. The van der Waals surface area contributed by atoms with Gasteiger partial charge in [-0.3, -0.25) is 14.3 Å². The fraction of sp³-hybridized carbons (Fsp3) is 0.545. The van der Waals surface area contributed by atoms with Crippen LogP contribution in [0.3, 0.4) is 0 Å². The van der Waals surface area contributed by atoms with Gasteiger partial charge in [0.05, 0.1) is 12.1 Å². The van der Waals surface area contributed by atoms with Gasteiger partial charge in [-0.15, -0.1) is 0 Å². The predicted molar refractivity (Wildman–Crippen MR) is 115 cm³/mol. The van der Waals surface area contributed by atoms with Crippen LogP contribution in [-0.2, 0) is 23.9 Å². The van der Waals surface area contributed by atoms with Crippen LogP contribution in [0.1, 0.15) is 30.9 Å². The van der Waals surface area contributed by atoms with Gasteiger partial charge in [-0.05, 0) is 42.4 Å². The molecule has 1 saturated heterocycles. The summed E-state index contributed by atoms with van der Waals surface area (Å²) in [5, 5.41) is 10.8. The molecule has 2 aliphatic heterocycles. The Hall–Kier alpha value is -3.15. The highest BCUT2D eigenvalue weighted by Gasteiger charge is 2.42. The van der Waals surface area contributed by atoms with Gasteiger partial charge in [0, 0.05) is 44.1 Å². The Labute approximate surface area is 194 Å². The molecule has 0 aliphatic carbocycles. The van der Waals surface area contributed by atoms with E-state index in [4.69, 9.17) is 4.74 Å². The lowest BCUT2D eigenvalue weighted by atomic mass is 10.0. The van der Waals surface area contributed by atoms with Crippen LogP contribution >= 0.6 is 0 Å². The molecule has 3 heterocycles. The molecule has 0 saturated carbocycles. The van der Waals surface area contributed by atoms with E-state index in [-0.39, 0.29) is 17.7 Å². The molecule has 9 nitrogen and oxygen atoms in total. The van der Waals surface area contributed by atoms with Crippen molar-refractivity contribution in [2.45, 2.75) is 44.5 Å². The van der Waals surface area contributed by atoms with E-state index in [2.05, 4.69) is 9.88 Å². The zero-order valence-corrected chi connectivity index (χ0v) is 18.8. The molecule has 1 atom stereocenters. The second-order valence-electron chi connectivity index (χ2n) is 9.02. The molecule has 1 amide bonds. The van der Waals surface area contributed by atoms with Gasteiger partial charge in [0.15, 0.2) is 0 Å². The summed E-state index contributed by atoms with van der Waals surface area (Å²) in [6.07, 6.45) is -1.50. The fourth-order valence-corrected chi connectivity index (χ4v) is 4.45. The van der Waals surface area contributed by atoms with Crippen molar-refractivity contribution in [3.05, 3.63) is 51.7 Å². The number of benzene rings is 1. The van der Waals surface area contributed by atoms with E-state index < -0.39 is 22.3 Å². The molecule has 184 valence electrons. The fourth-order valence-electron chi connectivity index (χ4n) is 4.45. The first-order valence-electron chi connectivity index (χ1n) is 11.1. The molecule has 2 aromatic rings. The van der Waals surface area contributed by atoms with E-state index >= 15 is 0 Å². The van der Waals surface area contributed by atoms with Crippen molar-refractivity contribution < 1.29 is 27.6 Å². The number of alkyl halides is 3. The third-order valence-corrected chi connectivity index (χ3v) is 6.18. The minimum absolute atomic E-state index is 0.0438. The highest BCUT2D eigenvalue weighted by atomic mass is 19.4. The molecule has 0 N–H and O–H groups in total. The maximum absolute atomic E-state index is 12.6.